The first-order chi connectivity index (χ1) is 8.33. The van der Waals surface area contributed by atoms with Crippen LogP contribution in [0.4, 0.5) is 5.69 Å². The van der Waals surface area contributed by atoms with E-state index in [1.54, 1.807) is 0 Å². The molecule has 0 aliphatic heterocycles. The monoisotopic (exact) mass is 225 g/mol. The van der Waals surface area contributed by atoms with Crippen LogP contribution in [0.25, 0.3) is 0 Å². The number of hydrogen-bond donors (Lipinski definition) is 1. The number of hydrogen-bond acceptors (Lipinski definition) is 1. The van der Waals surface area contributed by atoms with Gasteiger partial charge in [0.2, 0.25) is 0 Å². The molecular weight excluding hydrogens is 206 g/mol. The lowest BCUT2D eigenvalue weighted by molar-refractivity contribution is 0.680. The molecule has 1 nitrogen and oxygen atoms in total. The molecule has 0 saturated carbocycles. The number of nitrogens with two attached hydrogens (primary N) is 1. The van der Waals surface area contributed by atoms with Gasteiger partial charge in [0.25, 0.3) is 0 Å². The van der Waals surface area contributed by atoms with E-state index < -0.39 is 0 Å². The summed E-state index contributed by atoms with van der Waals surface area (Å²) in [5, 5.41) is 0. The molecule has 1 aromatic carbocycles. The van der Waals surface area contributed by atoms with Gasteiger partial charge in [-0.25, -0.2) is 0 Å². The van der Waals surface area contributed by atoms with E-state index in [0.717, 1.165) is 17.7 Å². The Bertz CT molecular complexity index is 434. The highest BCUT2D eigenvalue weighted by Gasteiger charge is 1.85. The molecule has 0 unspecified atom stereocenters. The molecule has 0 spiro atoms. The van der Waals surface area contributed by atoms with Crippen molar-refractivity contribution in [3.8, 4) is 23.7 Å². The molecular formula is C16H19N. The van der Waals surface area contributed by atoms with E-state index in [2.05, 4.69) is 30.6 Å². The molecule has 0 aliphatic carbocycles. The Kier molecular flexibility index (Phi) is 6.46. The van der Waals surface area contributed by atoms with Gasteiger partial charge in [0.1, 0.15) is 0 Å². The molecule has 0 fully saturated rings. The molecule has 1 heteroatoms. The largest absolute Gasteiger partial charge is 0.399 e. The third kappa shape index (κ3) is 6.33. The normalized spacial score (nSPS) is 8.76. The Labute approximate surface area is 104 Å². The highest BCUT2D eigenvalue weighted by molar-refractivity contribution is 5.46. The Balaban J connectivity index is 2.30. The third-order valence-electron chi connectivity index (χ3n) is 2.42. The average Bonchev–Trinajstić information content (AvgIpc) is 2.35. The Hall–Kier alpha value is -1.86. The van der Waals surface area contributed by atoms with Crippen molar-refractivity contribution in [3.63, 3.8) is 0 Å². The van der Waals surface area contributed by atoms with Crippen molar-refractivity contribution in [2.75, 3.05) is 5.73 Å². The van der Waals surface area contributed by atoms with Gasteiger partial charge in [0, 0.05) is 17.7 Å². The second kappa shape index (κ2) is 8.31. The fourth-order valence-electron chi connectivity index (χ4n) is 1.42. The van der Waals surface area contributed by atoms with Crippen molar-refractivity contribution in [3.05, 3.63) is 29.8 Å². The number of rotatable bonds is 4. The molecule has 0 heterocycles. The summed E-state index contributed by atoms with van der Waals surface area (Å²) in [5.41, 5.74) is 7.30. The number of unbranched alkanes of at least 4 members (excludes halogenated alkanes) is 4. The van der Waals surface area contributed by atoms with Gasteiger partial charge in [0.05, 0.1) is 0 Å². The van der Waals surface area contributed by atoms with Crippen molar-refractivity contribution in [1.82, 2.24) is 0 Å². The van der Waals surface area contributed by atoms with E-state index in [4.69, 9.17) is 5.73 Å². The number of benzene rings is 1. The Morgan fingerprint density at radius 3 is 2.47 bits per heavy atom. The van der Waals surface area contributed by atoms with E-state index >= 15 is 0 Å². The molecule has 0 radical (unpaired) electrons. The van der Waals surface area contributed by atoms with Crippen LogP contribution in [0, 0.1) is 23.7 Å². The molecule has 0 amide bonds. The summed E-state index contributed by atoms with van der Waals surface area (Å²) in [6.07, 6.45) is 5.99. The van der Waals surface area contributed by atoms with Crippen molar-refractivity contribution in [2.24, 2.45) is 0 Å². The molecule has 0 saturated heterocycles. The summed E-state index contributed by atoms with van der Waals surface area (Å²) in [6, 6.07) is 7.51. The lowest BCUT2D eigenvalue weighted by atomic mass is 10.1. The van der Waals surface area contributed by atoms with E-state index in [1.807, 2.05) is 24.3 Å². The summed E-state index contributed by atoms with van der Waals surface area (Å²) in [6.45, 7) is 2.21. The second-order valence-corrected chi connectivity index (χ2v) is 3.98. The molecule has 0 aliphatic rings. The summed E-state index contributed by atoms with van der Waals surface area (Å²) in [7, 11) is 0. The van der Waals surface area contributed by atoms with Crippen molar-refractivity contribution >= 4 is 5.69 Å². The quantitative estimate of drug-likeness (QED) is 0.473. The van der Waals surface area contributed by atoms with E-state index in [1.165, 1.54) is 25.7 Å². The first-order valence-corrected chi connectivity index (χ1v) is 6.17. The SMILES string of the molecule is CCCCCCC#CC#Cc1ccc(N)cc1. The summed E-state index contributed by atoms with van der Waals surface area (Å²) in [5.74, 6) is 11.8. The molecule has 0 atom stereocenters. The minimum absolute atomic E-state index is 0.762. The van der Waals surface area contributed by atoms with Crippen LogP contribution in [0.5, 0.6) is 0 Å². The molecule has 1 rings (SSSR count). The van der Waals surface area contributed by atoms with Gasteiger partial charge in [-0.3, -0.25) is 0 Å². The fraction of sp³-hybridized carbons (Fsp3) is 0.375. The standard InChI is InChI=1S/C16H19N/c1-2-3-4-5-6-7-8-9-10-15-11-13-16(17)14-12-15/h11-14H,2-6,17H2,1H3. The van der Waals surface area contributed by atoms with Gasteiger partial charge < -0.3 is 5.73 Å². The summed E-state index contributed by atoms with van der Waals surface area (Å²) >= 11 is 0. The first-order valence-electron chi connectivity index (χ1n) is 6.17. The maximum Gasteiger partial charge on any atom is 0.0314 e. The maximum atomic E-state index is 5.58. The van der Waals surface area contributed by atoms with Crippen LogP contribution in [0.3, 0.4) is 0 Å². The zero-order valence-electron chi connectivity index (χ0n) is 10.4. The minimum atomic E-state index is 0.762. The van der Waals surface area contributed by atoms with E-state index in [9.17, 15) is 0 Å². The summed E-state index contributed by atoms with van der Waals surface area (Å²) < 4.78 is 0. The zero-order chi connectivity index (χ0) is 12.3. The van der Waals surface area contributed by atoms with Crippen LogP contribution in [-0.4, -0.2) is 0 Å². The zero-order valence-corrected chi connectivity index (χ0v) is 10.4. The second-order valence-electron chi connectivity index (χ2n) is 3.98. The van der Waals surface area contributed by atoms with Gasteiger partial charge in [-0.15, -0.1) is 0 Å². The van der Waals surface area contributed by atoms with Crippen molar-refractivity contribution < 1.29 is 0 Å². The van der Waals surface area contributed by atoms with Crippen LogP contribution >= 0.6 is 0 Å². The van der Waals surface area contributed by atoms with Gasteiger partial charge >= 0.3 is 0 Å². The number of nitrogen functional groups attached to an aromatic ring is 1. The molecule has 0 bridgehead atoms. The van der Waals surface area contributed by atoms with Crippen LogP contribution in [-0.2, 0) is 0 Å². The van der Waals surface area contributed by atoms with Crippen LogP contribution in [0.2, 0.25) is 0 Å². The Morgan fingerprint density at radius 2 is 1.76 bits per heavy atom. The average molecular weight is 225 g/mol. The van der Waals surface area contributed by atoms with Gasteiger partial charge in [-0.2, -0.15) is 0 Å². The first kappa shape index (κ1) is 13.2. The Morgan fingerprint density at radius 1 is 1.00 bits per heavy atom. The predicted molar refractivity (Wildman–Crippen MR) is 74.3 cm³/mol. The summed E-state index contributed by atoms with van der Waals surface area (Å²) in [4.78, 5) is 0. The fourth-order valence-corrected chi connectivity index (χ4v) is 1.42. The lowest BCUT2D eigenvalue weighted by Gasteiger charge is -1.91. The predicted octanol–water partition coefficient (Wildman–Crippen LogP) is 3.59. The highest BCUT2D eigenvalue weighted by Crippen LogP contribution is 2.03. The van der Waals surface area contributed by atoms with Gasteiger partial charge in [0.15, 0.2) is 0 Å². The molecule has 88 valence electrons. The maximum absolute atomic E-state index is 5.58. The smallest absolute Gasteiger partial charge is 0.0314 e. The molecule has 0 aromatic heterocycles. The lowest BCUT2D eigenvalue weighted by Crippen LogP contribution is -1.82. The third-order valence-corrected chi connectivity index (χ3v) is 2.42. The van der Waals surface area contributed by atoms with E-state index in [0.29, 0.717) is 0 Å². The number of anilines is 1. The van der Waals surface area contributed by atoms with Crippen molar-refractivity contribution in [1.29, 1.82) is 0 Å². The molecule has 2 N–H and O–H groups in total. The van der Waals surface area contributed by atoms with Crippen molar-refractivity contribution in [2.45, 2.75) is 39.0 Å². The van der Waals surface area contributed by atoms with Crippen LogP contribution < -0.4 is 5.73 Å². The van der Waals surface area contributed by atoms with Crippen LogP contribution in [0.15, 0.2) is 24.3 Å². The van der Waals surface area contributed by atoms with Gasteiger partial charge in [-0.05, 0) is 42.5 Å². The topological polar surface area (TPSA) is 26.0 Å². The minimum Gasteiger partial charge on any atom is -0.399 e. The van der Waals surface area contributed by atoms with E-state index in [-0.39, 0.29) is 0 Å². The van der Waals surface area contributed by atoms with Crippen LogP contribution in [0.1, 0.15) is 44.6 Å². The highest BCUT2D eigenvalue weighted by atomic mass is 14.5. The van der Waals surface area contributed by atoms with Gasteiger partial charge in [-0.1, -0.05) is 38.0 Å². The molecule has 17 heavy (non-hydrogen) atoms. The molecule has 1 aromatic rings.